The second kappa shape index (κ2) is 9.36. The number of rotatable bonds is 5. The number of aromatic nitrogens is 2. The van der Waals surface area contributed by atoms with Crippen molar-refractivity contribution in [3.63, 3.8) is 0 Å². The minimum Gasteiger partial charge on any atom is -0.454 e. The maximum atomic E-state index is 5.55. The molecule has 2 saturated heterocycles. The molecule has 2 N–H and O–H groups in total. The summed E-state index contributed by atoms with van der Waals surface area (Å²) in [5.74, 6) is 4.73. The molecule has 2 aromatic rings. The van der Waals surface area contributed by atoms with Gasteiger partial charge in [-0.25, -0.2) is 0 Å². The number of benzene rings is 1. The lowest BCUT2D eigenvalue weighted by Gasteiger charge is -2.32. The number of nitrogens with one attached hydrogen (secondary N) is 2. The van der Waals surface area contributed by atoms with Crippen LogP contribution in [0.2, 0.25) is 0 Å². The Morgan fingerprint density at radius 1 is 1.03 bits per heavy atom. The van der Waals surface area contributed by atoms with Gasteiger partial charge < -0.3 is 29.9 Å². The number of nitrogens with zero attached hydrogens (tertiary/aromatic N) is 4. The Kier molecular flexibility index (Phi) is 6.16. The van der Waals surface area contributed by atoms with E-state index in [1.54, 1.807) is 0 Å². The maximum absolute atomic E-state index is 5.55. The second-order valence-electron chi connectivity index (χ2n) is 8.79. The smallest absolute Gasteiger partial charge is 0.232 e. The molecule has 32 heavy (non-hydrogen) atoms. The summed E-state index contributed by atoms with van der Waals surface area (Å²) in [7, 11) is 0. The summed E-state index contributed by atoms with van der Waals surface area (Å²) in [6.07, 6.45) is 4.89. The molecule has 0 saturated carbocycles. The van der Waals surface area contributed by atoms with Crippen LogP contribution in [0, 0.1) is 5.92 Å². The van der Waals surface area contributed by atoms with Gasteiger partial charge in [0.25, 0.3) is 0 Å². The zero-order valence-electron chi connectivity index (χ0n) is 18.5. The van der Waals surface area contributed by atoms with Gasteiger partial charge in [0, 0.05) is 38.8 Å². The lowest BCUT2D eigenvalue weighted by atomic mass is 10.0. The van der Waals surface area contributed by atoms with E-state index >= 15 is 0 Å². The molecule has 0 bridgehead atoms. The maximum Gasteiger partial charge on any atom is 0.232 e. The van der Waals surface area contributed by atoms with E-state index in [1.165, 1.54) is 25.7 Å². The quantitative estimate of drug-likeness (QED) is 0.660. The molecule has 0 spiro atoms. The van der Waals surface area contributed by atoms with Crippen LogP contribution in [0.4, 0.5) is 17.6 Å². The Labute approximate surface area is 194 Å². The first kappa shape index (κ1) is 21.1. The van der Waals surface area contributed by atoms with Crippen LogP contribution >= 0.6 is 12.2 Å². The molecule has 3 aliphatic heterocycles. The molecular weight excluding hydrogens is 424 g/mol. The van der Waals surface area contributed by atoms with Crippen molar-refractivity contribution in [3.8, 4) is 11.5 Å². The molecule has 3 aliphatic rings. The highest BCUT2D eigenvalue weighted by Crippen LogP contribution is 2.32. The monoisotopic (exact) mass is 454 g/mol. The van der Waals surface area contributed by atoms with Crippen molar-refractivity contribution in [1.29, 1.82) is 0 Å². The van der Waals surface area contributed by atoms with Crippen LogP contribution in [0.5, 0.6) is 11.5 Å². The normalized spacial score (nSPS) is 19.8. The zero-order chi connectivity index (χ0) is 21.9. The van der Waals surface area contributed by atoms with Crippen LogP contribution in [0.15, 0.2) is 24.3 Å². The highest BCUT2D eigenvalue weighted by atomic mass is 32.1. The predicted octanol–water partition coefficient (Wildman–Crippen LogP) is 3.53. The number of thiocarbonyl (C=S) groups is 1. The van der Waals surface area contributed by atoms with Crippen LogP contribution in [0.3, 0.4) is 0 Å². The van der Waals surface area contributed by atoms with Crippen LogP contribution in [-0.2, 0) is 6.54 Å². The van der Waals surface area contributed by atoms with E-state index in [4.69, 9.17) is 31.7 Å². The van der Waals surface area contributed by atoms with Crippen molar-refractivity contribution in [1.82, 2.24) is 15.3 Å². The number of piperidine rings is 1. The summed E-state index contributed by atoms with van der Waals surface area (Å²) < 4.78 is 10.8. The van der Waals surface area contributed by atoms with Crippen molar-refractivity contribution < 1.29 is 9.47 Å². The van der Waals surface area contributed by atoms with Gasteiger partial charge in [-0.15, -0.1) is 0 Å². The molecule has 0 aliphatic carbocycles. The average molecular weight is 455 g/mol. The largest absolute Gasteiger partial charge is 0.454 e. The van der Waals surface area contributed by atoms with Crippen LogP contribution < -0.4 is 29.9 Å². The number of ether oxygens (including phenoxy) is 2. The van der Waals surface area contributed by atoms with Crippen LogP contribution in [0.25, 0.3) is 0 Å². The Bertz CT molecular complexity index is 981. The van der Waals surface area contributed by atoms with E-state index in [1.807, 2.05) is 18.2 Å². The van der Waals surface area contributed by atoms with E-state index < -0.39 is 0 Å². The fourth-order valence-corrected chi connectivity index (χ4v) is 4.69. The third kappa shape index (κ3) is 4.82. The van der Waals surface area contributed by atoms with Gasteiger partial charge >= 0.3 is 0 Å². The summed E-state index contributed by atoms with van der Waals surface area (Å²) in [6.45, 7) is 7.30. The van der Waals surface area contributed by atoms with E-state index in [2.05, 4.69) is 33.4 Å². The summed E-state index contributed by atoms with van der Waals surface area (Å²) in [6, 6.07) is 8.03. The molecule has 4 heterocycles. The Morgan fingerprint density at radius 2 is 1.78 bits per heavy atom. The van der Waals surface area contributed by atoms with E-state index in [9.17, 15) is 0 Å². The van der Waals surface area contributed by atoms with Gasteiger partial charge in [-0.3, -0.25) is 0 Å². The van der Waals surface area contributed by atoms with Crippen molar-refractivity contribution in [2.45, 2.75) is 39.2 Å². The standard InChI is InChI=1S/C23H30N6O2S/c1-16-5-4-10-29(14-16)21-12-20(28-8-2-3-9-28)25-22(26-21)27-23(32)24-13-17-6-7-18-19(11-17)31-15-30-18/h6-7,11-12,16H,2-5,8-10,13-15H2,1H3,(H2,24,25,26,27,32)/t16-/m0/s1. The summed E-state index contributed by atoms with van der Waals surface area (Å²) >= 11 is 5.55. The number of fused-ring (bicyclic) bond motifs is 1. The minimum absolute atomic E-state index is 0.273. The third-order valence-corrected chi connectivity index (χ3v) is 6.47. The Hall–Kier alpha value is -2.81. The van der Waals surface area contributed by atoms with Gasteiger partial charge in [-0.05, 0) is 61.5 Å². The first-order valence-electron chi connectivity index (χ1n) is 11.5. The van der Waals surface area contributed by atoms with Gasteiger partial charge in [0.1, 0.15) is 11.6 Å². The zero-order valence-corrected chi connectivity index (χ0v) is 19.3. The SMILES string of the molecule is C[C@H]1CCCN(c2cc(N3CCCC3)nc(NC(=S)NCc3ccc4c(c3)OCO4)n2)C1. The minimum atomic E-state index is 0.273. The van der Waals surface area contributed by atoms with Crippen molar-refractivity contribution in [2.24, 2.45) is 5.92 Å². The first-order valence-corrected chi connectivity index (χ1v) is 11.9. The van der Waals surface area contributed by atoms with E-state index in [0.29, 0.717) is 23.5 Å². The Balaban J connectivity index is 1.28. The molecule has 0 amide bonds. The van der Waals surface area contributed by atoms with Gasteiger partial charge in [0.15, 0.2) is 16.6 Å². The summed E-state index contributed by atoms with van der Waals surface area (Å²) in [5.41, 5.74) is 1.06. The molecule has 1 atom stereocenters. The number of hydrogen-bond donors (Lipinski definition) is 2. The highest BCUT2D eigenvalue weighted by Gasteiger charge is 2.22. The van der Waals surface area contributed by atoms with E-state index in [0.717, 1.165) is 54.9 Å². The van der Waals surface area contributed by atoms with Gasteiger partial charge in [-0.1, -0.05) is 13.0 Å². The first-order chi connectivity index (χ1) is 15.6. The lowest BCUT2D eigenvalue weighted by Crippen LogP contribution is -2.35. The molecular formula is C23H30N6O2S. The van der Waals surface area contributed by atoms with Crippen molar-refractivity contribution in [2.75, 3.05) is 48.1 Å². The average Bonchev–Trinajstić information content (AvgIpc) is 3.49. The lowest BCUT2D eigenvalue weighted by molar-refractivity contribution is 0.174. The summed E-state index contributed by atoms with van der Waals surface area (Å²) in [5, 5.41) is 6.96. The molecule has 1 aromatic carbocycles. The molecule has 0 unspecified atom stereocenters. The Morgan fingerprint density at radius 3 is 2.59 bits per heavy atom. The number of anilines is 3. The number of hydrogen-bond acceptors (Lipinski definition) is 7. The van der Waals surface area contributed by atoms with Crippen LogP contribution in [0.1, 0.15) is 38.2 Å². The fraction of sp³-hybridized carbons (Fsp3) is 0.522. The topological polar surface area (TPSA) is 74.8 Å². The molecule has 2 fully saturated rings. The molecule has 9 heteroatoms. The van der Waals surface area contributed by atoms with Gasteiger partial charge in [0.05, 0.1) is 0 Å². The van der Waals surface area contributed by atoms with Crippen molar-refractivity contribution in [3.05, 3.63) is 29.8 Å². The molecule has 8 nitrogen and oxygen atoms in total. The molecule has 170 valence electrons. The molecule has 0 radical (unpaired) electrons. The van der Waals surface area contributed by atoms with E-state index in [-0.39, 0.29) is 6.79 Å². The third-order valence-electron chi connectivity index (χ3n) is 6.23. The predicted molar refractivity (Wildman–Crippen MR) is 130 cm³/mol. The molecule has 1 aromatic heterocycles. The second-order valence-corrected chi connectivity index (χ2v) is 9.20. The molecule has 5 rings (SSSR count). The summed E-state index contributed by atoms with van der Waals surface area (Å²) in [4.78, 5) is 14.3. The van der Waals surface area contributed by atoms with Gasteiger partial charge in [-0.2, -0.15) is 9.97 Å². The fourth-order valence-electron chi connectivity index (χ4n) is 4.52. The highest BCUT2D eigenvalue weighted by molar-refractivity contribution is 7.80. The van der Waals surface area contributed by atoms with Crippen LogP contribution in [-0.4, -0.2) is 48.1 Å². The van der Waals surface area contributed by atoms with Gasteiger partial charge in [0.2, 0.25) is 12.7 Å². The van der Waals surface area contributed by atoms with Crippen molar-refractivity contribution >= 4 is 34.9 Å².